The van der Waals surface area contributed by atoms with E-state index in [1.54, 1.807) is 18.2 Å². The fourth-order valence-electron chi connectivity index (χ4n) is 1.74. The Morgan fingerprint density at radius 3 is 2.47 bits per heavy atom. The largest absolute Gasteiger partial charge is 0.399 e. The third kappa shape index (κ3) is 3.03. The number of benzene rings is 2. The number of nitrogens with two attached hydrogens (primary N) is 1. The molecule has 0 saturated carbocycles. The highest BCUT2D eigenvalue weighted by atomic mass is 19.1. The fourth-order valence-corrected chi connectivity index (χ4v) is 1.74. The third-order valence-corrected chi connectivity index (χ3v) is 2.65. The number of nitrogen functional groups attached to an aromatic ring is 1. The summed E-state index contributed by atoms with van der Waals surface area (Å²) in [6.45, 7) is 0. The van der Waals surface area contributed by atoms with Crippen molar-refractivity contribution in [3.8, 4) is 0 Å². The topological polar surface area (TPSA) is 26.0 Å². The normalized spacial score (nSPS) is 10.5. The van der Waals surface area contributed by atoms with Gasteiger partial charge in [-0.15, -0.1) is 0 Å². The Hall–Kier alpha value is -1.90. The predicted octanol–water partition coefficient (Wildman–Crippen LogP) is 3.33. The molecule has 2 aromatic rings. The molecule has 2 aromatic carbocycles. The van der Waals surface area contributed by atoms with Crippen LogP contribution in [0.5, 0.6) is 0 Å². The van der Waals surface area contributed by atoms with Crippen molar-refractivity contribution in [2.24, 2.45) is 0 Å². The van der Waals surface area contributed by atoms with Crippen LogP contribution in [0, 0.1) is 11.6 Å². The van der Waals surface area contributed by atoms with Crippen molar-refractivity contribution < 1.29 is 8.78 Å². The molecule has 0 amide bonds. The molecule has 1 nitrogen and oxygen atoms in total. The number of anilines is 1. The molecule has 0 unspecified atom stereocenters. The highest BCUT2D eigenvalue weighted by Gasteiger charge is 2.03. The Bertz CT molecular complexity index is 523. The molecule has 17 heavy (non-hydrogen) atoms. The van der Waals surface area contributed by atoms with E-state index in [4.69, 9.17) is 5.73 Å². The van der Waals surface area contributed by atoms with Crippen LogP contribution >= 0.6 is 0 Å². The molecular weight excluding hydrogens is 220 g/mol. The highest BCUT2D eigenvalue weighted by Crippen LogP contribution is 2.15. The summed E-state index contributed by atoms with van der Waals surface area (Å²) >= 11 is 0. The van der Waals surface area contributed by atoms with E-state index < -0.39 is 0 Å². The van der Waals surface area contributed by atoms with Crippen molar-refractivity contribution >= 4 is 5.69 Å². The molecule has 0 saturated heterocycles. The number of rotatable bonds is 3. The Kier molecular flexibility index (Phi) is 3.38. The lowest BCUT2D eigenvalue weighted by Crippen LogP contribution is -1.96. The van der Waals surface area contributed by atoms with Gasteiger partial charge in [-0.1, -0.05) is 18.2 Å². The highest BCUT2D eigenvalue weighted by molar-refractivity contribution is 5.40. The first-order valence-electron chi connectivity index (χ1n) is 5.43. The minimum absolute atomic E-state index is 0.264. The van der Waals surface area contributed by atoms with Crippen LogP contribution in [0.4, 0.5) is 14.5 Å². The Morgan fingerprint density at radius 2 is 1.76 bits per heavy atom. The zero-order chi connectivity index (χ0) is 12.3. The molecular formula is C14H13F2N. The number of aryl methyl sites for hydroxylation is 2. The maximum Gasteiger partial charge on any atom is 0.128 e. The minimum atomic E-state index is -0.304. The van der Waals surface area contributed by atoms with Crippen LogP contribution < -0.4 is 5.73 Å². The second-order valence-electron chi connectivity index (χ2n) is 3.98. The zero-order valence-corrected chi connectivity index (χ0v) is 9.29. The van der Waals surface area contributed by atoms with Gasteiger partial charge >= 0.3 is 0 Å². The zero-order valence-electron chi connectivity index (χ0n) is 9.29. The summed E-state index contributed by atoms with van der Waals surface area (Å²) < 4.78 is 26.4. The molecule has 0 spiro atoms. The maximum absolute atomic E-state index is 13.5. The summed E-state index contributed by atoms with van der Waals surface area (Å²) in [6, 6.07) is 11.0. The van der Waals surface area contributed by atoms with Gasteiger partial charge in [0.05, 0.1) is 0 Å². The molecule has 0 aromatic heterocycles. The summed E-state index contributed by atoms with van der Waals surface area (Å²) in [4.78, 5) is 0. The monoisotopic (exact) mass is 233 g/mol. The molecule has 0 aliphatic carbocycles. The van der Waals surface area contributed by atoms with Crippen LogP contribution in [0.1, 0.15) is 11.1 Å². The van der Waals surface area contributed by atoms with Gasteiger partial charge in [-0.05, 0) is 48.2 Å². The van der Waals surface area contributed by atoms with Crippen molar-refractivity contribution in [2.45, 2.75) is 12.8 Å². The van der Waals surface area contributed by atoms with Gasteiger partial charge in [-0.25, -0.2) is 8.78 Å². The molecule has 0 fully saturated rings. The predicted molar refractivity (Wildman–Crippen MR) is 64.6 cm³/mol. The van der Waals surface area contributed by atoms with Crippen molar-refractivity contribution in [1.82, 2.24) is 0 Å². The van der Waals surface area contributed by atoms with Crippen molar-refractivity contribution in [2.75, 3.05) is 5.73 Å². The average Bonchev–Trinajstić information content (AvgIpc) is 2.28. The Morgan fingerprint density at radius 1 is 0.941 bits per heavy atom. The first-order chi connectivity index (χ1) is 8.15. The molecule has 88 valence electrons. The first-order valence-corrected chi connectivity index (χ1v) is 5.43. The van der Waals surface area contributed by atoms with Crippen molar-refractivity contribution in [3.63, 3.8) is 0 Å². The molecule has 0 atom stereocenters. The average molecular weight is 233 g/mol. The van der Waals surface area contributed by atoms with Gasteiger partial charge < -0.3 is 5.73 Å². The van der Waals surface area contributed by atoms with E-state index in [2.05, 4.69) is 0 Å². The second kappa shape index (κ2) is 4.95. The van der Waals surface area contributed by atoms with Crippen LogP contribution in [0.3, 0.4) is 0 Å². The van der Waals surface area contributed by atoms with E-state index in [-0.39, 0.29) is 11.6 Å². The van der Waals surface area contributed by atoms with Gasteiger partial charge in [0.2, 0.25) is 0 Å². The third-order valence-electron chi connectivity index (χ3n) is 2.65. The number of hydrogen-bond donors (Lipinski definition) is 1. The fraction of sp³-hybridized carbons (Fsp3) is 0.143. The lowest BCUT2D eigenvalue weighted by atomic mass is 10.0. The van der Waals surface area contributed by atoms with Gasteiger partial charge in [0.25, 0.3) is 0 Å². The van der Waals surface area contributed by atoms with Gasteiger partial charge in [-0.3, -0.25) is 0 Å². The van der Waals surface area contributed by atoms with E-state index in [0.29, 0.717) is 24.1 Å². The Labute approximate surface area is 98.9 Å². The quantitative estimate of drug-likeness (QED) is 0.808. The molecule has 0 radical (unpaired) electrons. The Balaban J connectivity index is 2.07. The molecule has 3 heteroatoms. The molecule has 2 rings (SSSR count). The van der Waals surface area contributed by atoms with Gasteiger partial charge in [0.15, 0.2) is 0 Å². The summed E-state index contributed by atoms with van der Waals surface area (Å²) in [5.41, 5.74) is 7.34. The van der Waals surface area contributed by atoms with Gasteiger partial charge in [-0.2, -0.15) is 0 Å². The SMILES string of the molecule is Nc1ccc(CCc2cccc(F)c2)c(F)c1. The molecule has 0 aliphatic heterocycles. The van der Waals surface area contributed by atoms with Crippen LogP contribution in [0.2, 0.25) is 0 Å². The van der Waals surface area contributed by atoms with Gasteiger partial charge in [0, 0.05) is 5.69 Å². The lowest BCUT2D eigenvalue weighted by molar-refractivity contribution is 0.608. The lowest BCUT2D eigenvalue weighted by Gasteiger charge is -2.04. The molecule has 0 aliphatic rings. The van der Waals surface area contributed by atoms with E-state index in [1.807, 2.05) is 6.07 Å². The smallest absolute Gasteiger partial charge is 0.128 e. The minimum Gasteiger partial charge on any atom is -0.399 e. The van der Waals surface area contributed by atoms with E-state index in [9.17, 15) is 8.78 Å². The van der Waals surface area contributed by atoms with E-state index >= 15 is 0 Å². The van der Waals surface area contributed by atoms with Crippen LogP contribution in [-0.4, -0.2) is 0 Å². The van der Waals surface area contributed by atoms with E-state index in [0.717, 1.165) is 5.56 Å². The summed E-state index contributed by atoms with van der Waals surface area (Å²) in [6.07, 6.45) is 1.15. The van der Waals surface area contributed by atoms with Crippen molar-refractivity contribution in [1.29, 1.82) is 0 Å². The number of halogens is 2. The van der Waals surface area contributed by atoms with Crippen LogP contribution in [0.25, 0.3) is 0 Å². The summed E-state index contributed by atoms with van der Waals surface area (Å²) in [5, 5.41) is 0. The van der Waals surface area contributed by atoms with Gasteiger partial charge in [0.1, 0.15) is 11.6 Å². The maximum atomic E-state index is 13.5. The summed E-state index contributed by atoms with van der Waals surface area (Å²) in [5.74, 6) is -0.568. The molecule has 2 N–H and O–H groups in total. The molecule has 0 bridgehead atoms. The standard InChI is InChI=1S/C14H13F2N/c15-12-3-1-2-10(8-12)4-5-11-6-7-13(17)9-14(11)16/h1-3,6-9H,4-5,17H2. The van der Waals surface area contributed by atoms with Crippen LogP contribution in [-0.2, 0) is 12.8 Å². The first kappa shape index (κ1) is 11.6. The second-order valence-corrected chi connectivity index (χ2v) is 3.98. The van der Waals surface area contributed by atoms with Crippen molar-refractivity contribution in [3.05, 3.63) is 65.2 Å². The van der Waals surface area contributed by atoms with E-state index in [1.165, 1.54) is 18.2 Å². The number of hydrogen-bond acceptors (Lipinski definition) is 1. The molecule has 0 heterocycles. The summed E-state index contributed by atoms with van der Waals surface area (Å²) in [7, 11) is 0. The van der Waals surface area contributed by atoms with Crippen LogP contribution in [0.15, 0.2) is 42.5 Å².